The van der Waals surface area contributed by atoms with Gasteiger partial charge in [0.1, 0.15) is 5.76 Å². The first-order chi connectivity index (χ1) is 16.3. The van der Waals surface area contributed by atoms with Crippen molar-refractivity contribution in [2.24, 2.45) is 0 Å². The summed E-state index contributed by atoms with van der Waals surface area (Å²) in [6, 6.07) is 9.33. The van der Waals surface area contributed by atoms with Crippen LogP contribution in [0.5, 0.6) is 11.6 Å². The number of hydrogen-bond acceptors (Lipinski definition) is 9. The Morgan fingerprint density at radius 2 is 2.03 bits per heavy atom. The highest BCUT2D eigenvalue weighted by Gasteiger charge is 2.21. The van der Waals surface area contributed by atoms with Crippen LogP contribution >= 0.6 is 0 Å². The van der Waals surface area contributed by atoms with Crippen molar-refractivity contribution < 1.29 is 18.6 Å². The van der Waals surface area contributed by atoms with Crippen molar-refractivity contribution in [3.63, 3.8) is 0 Å². The van der Waals surface area contributed by atoms with E-state index in [9.17, 15) is 0 Å². The van der Waals surface area contributed by atoms with Gasteiger partial charge in [0.25, 0.3) is 0 Å². The van der Waals surface area contributed by atoms with Crippen LogP contribution in [0.1, 0.15) is 38.6 Å². The summed E-state index contributed by atoms with van der Waals surface area (Å²) in [6.07, 6.45) is 2.62. The van der Waals surface area contributed by atoms with E-state index in [1.165, 1.54) is 0 Å². The summed E-state index contributed by atoms with van der Waals surface area (Å²) in [6.45, 7) is 9.77. The van der Waals surface area contributed by atoms with Gasteiger partial charge in [-0.25, -0.2) is 4.98 Å². The van der Waals surface area contributed by atoms with Crippen LogP contribution in [-0.4, -0.2) is 49.4 Å². The normalized spacial score (nSPS) is 16.3. The molecule has 1 N–H and O–H groups in total. The van der Waals surface area contributed by atoms with Crippen LogP contribution in [0.15, 0.2) is 40.9 Å². The van der Waals surface area contributed by atoms with Gasteiger partial charge in [-0.15, -0.1) is 0 Å². The van der Waals surface area contributed by atoms with E-state index in [0.29, 0.717) is 48.0 Å². The molecule has 4 aromatic rings. The standard InChI is InChI=1S/C24H28N6O4/c1-15-8-9-18(33-15)21-27-23(29-24(2,3)4)28-22-19(12-25-30(21)22)34-20-7-5-6-16(26-20)13-32-17-10-11-31-14-17/h5-9,12,17H,10-11,13-14H2,1-4H3,(H,28,29)/t17-/m0/s1. The van der Waals surface area contributed by atoms with E-state index in [-0.39, 0.29) is 11.6 Å². The van der Waals surface area contributed by atoms with Crippen LogP contribution in [0.4, 0.5) is 5.95 Å². The van der Waals surface area contributed by atoms with Crippen molar-refractivity contribution in [3.8, 4) is 23.2 Å². The van der Waals surface area contributed by atoms with Crippen LogP contribution in [-0.2, 0) is 16.1 Å². The van der Waals surface area contributed by atoms with Crippen LogP contribution in [0, 0.1) is 6.92 Å². The topological polar surface area (TPSA) is 109 Å². The molecular weight excluding hydrogens is 436 g/mol. The monoisotopic (exact) mass is 464 g/mol. The molecule has 0 spiro atoms. The maximum absolute atomic E-state index is 6.10. The van der Waals surface area contributed by atoms with Gasteiger partial charge in [-0.05, 0) is 52.3 Å². The van der Waals surface area contributed by atoms with Gasteiger partial charge < -0.3 is 23.9 Å². The largest absolute Gasteiger partial charge is 0.458 e. The van der Waals surface area contributed by atoms with Crippen molar-refractivity contribution in [2.75, 3.05) is 18.5 Å². The van der Waals surface area contributed by atoms with Gasteiger partial charge in [-0.1, -0.05) is 6.07 Å². The average Bonchev–Trinajstić information content (AvgIpc) is 3.53. The zero-order chi connectivity index (χ0) is 23.7. The molecule has 10 heteroatoms. The number of pyridine rings is 1. The first-order valence-corrected chi connectivity index (χ1v) is 11.3. The third-order valence-electron chi connectivity index (χ3n) is 5.13. The molecule has 178 valence electrons. The van der Waals surface area contributed by atoms with E-state index in [4.69, 9.17) is 18.6 Å². The first kappa shape index (κ1) is 22.3. The summed E-state index contributed by atoms with van der Waals surface area (Å²) >= 11 is 0. The van der Waals surface area contributed by atoms with Crippen molar-refractivity contribution in [1.29, 1.82) is 0 Å². The highest BCUT2D eigenvalue weighted by atomic mass is 16.5. The van der Waals surface area contributed by atoms with E-state index in [1.807, 2.05) is 52.0 Å². The number of furan rings is 1. The molecule has 1 fully saturated rings. The molecule has 0 unspecified atom stereocenters. The number of aromatic nitrogens is 5. The second-order valence-corrected chi connectivity index (χ2v) is 9.27. The fourth-order valence-corrected chi connectivity index (χ4v) is 3.59. The zero-order valence-corrected chi connectivity index (χ0v) is 19.7. The third kappa shape index (κ3) is 5.02. The lowest BCUT2D eigenvalue weighted by Gasteiger charge is -2.20. The van der Waals surface area contributed by atoms with Crippen molar-refractivity contribution in [2.45, 2.75) is 52.4 Å². The van der Waals surface area contributed by atoms with E-state index >= 15 is 0 Å². The minimum Gasteiger partial charge on any atom is -0.458 e. The minimum absolute atomic E-state index is 0.111. The molecule has 5 rings (SSSR count). The summed E-state index contributed by atoms with van der Waals surface area (Å²) in [5, 5.41) is 7.78. The number of anilines is 1. The number of aryl methyl sites for hydroxylation is 1. The molecule has 0 amide bonds. The average molecular weight is 465 g/mol. The molecule has 0 saturated carbocycles. The molecule has 1 aliphatic heterocycles. The molecular formula is C24H28N6O4. The van der Waals surface area contributed by atoms with E-state index < -0.39 is 0 Å². The predicted molar refractivity (Wildman–Crippen MR) is 125 cm³/mol. The lowest BCUT2D eigenvalue weighted by Crippen LogP contribution is -2.27. The number of ether oxygens (including phenoxy) is 3. The van der Waals surface area contributed by atoms with Gasteiger partial charge in [0.15, 0.2) is 11.5 Å². The summed E-state index contributed by atoms with van der Waals surface area (Å²) in [5.74, 6) is 3.22. The Hall–Kier alpha value is -3.50. The highest BCUT2D eigenvalue weighted by molar-refractivity contribution is 5.62. The molecule has 34 heavy (non-hydrogen) atoms. The number of hydrogen-bond donors (Lipinski definition) is 1. The van der Waals surface area contributed by atoms with E-state index in [1.54, 1.807) is 16.8 Å². The molecule has 0 bridgehead atoms. The molecule has 1 atom stereocenters. The molecule has 0 aromatic carbocycles. The number of rotatable bonds is 7. The molecule has 0 aliphatic carbocycles. The lowest BCUT2D eigenvalue weighted by atomic mass is 10.1. The van der Waals surface area contributed by atoms with Gasteiger partial charge in [0, 0.05) is 18.2 Å². The maximum Gasteiger partial charge on any atom is 0.227 e. The van der Waals surface area contributed by atoms with Crippen LogP contribution in [0.3, 0.4) is 0 Å². The minimum atomic E-state index is -0.240. The quantitative estimate of drug-likeness (QED) is 0.426. The third-order valence-corrected chi connectivity index (χ3v) is 5.13. The SMILES string of the molecule is Cc1ccc(-c2nc(NC(C)(C)C)nc3c(Oc4cccc(CO[C@H]5CCOC5)n4)cnn23)o1. The Labute approximate surface area is 197 Å². The Bertz CT molecular complexity index is 1290. The Morgan fingerprint density at radius 3 is 2.76 bits per heavy atom. The zero-order valence-electron chi connectivity index (χ0n) is 19.7. The number of fused-ring (bicyclic) bond motifs is 1. The molecule has 10 nitrogen and oxygen atoms in total. The van der Waals surface area contributed by atoms with Crippen molar-refractivity contribution in [3.05, 3.63) is 48.0 Å². The Balaban J connectivity index is 1.45. The molecule has 1 aliphatic rings. The molecule has 0 radical (unpaired) electrons. The number of nitrogens with one attached hydrogen (secondary N) is 1. The van der Waals surface area contributed by atoms with Gasteiger partial charge >= 0.3 is 0 Å². The summed E-state index contributed by atoms with van der Waals surface area (Å²) in [5.41, 5.74) is 1.03. The second-order valence-electron chi connectivity index (χ2n) is 9.27. The Kier molecular flexibility index (Phi) is 5.93. The van der Waals surface area contributed by atoms with Gasteiger partial charge in [0.05, 0.1) is 31.2 Å². The van der Waals surface area contributed by atoms with Gasteiger partial charge in [-0.2, -0.15) is 19.6 Å². The van der Waals surface area contributed by atoms with E-state index in [0.717, 1.165) is 24.5 Å². The summed E-state index contributed by atoms with van der Waals surface area (Å²) in [4.78, 5) is 13.9. The lowest BCUT2D eigenvalue weighted by molar-refractivity contribution is 0.0300. The smallest absolute Gasteiger partial charge is 0.227 e. The predicted octanol–water partition coefficient (Wildman–Crippen LogP) is 4.40. The second kappa shape index (κ2) is 9.03. The van der Waals surface area contributed by atoms with Gasteiger partial charge in [-0.3, -0.25) is 0 Å². The van der Waals surface area contributed by atoms with Crippen LogP contribution in [0.2, 0.25) is 0 Å². The van der Waals surface area contributed by atoms with Crippen LogP contribution in [0.25, 0.3) is 17.2 Å². The van der Waals surface area contributed by atoms with Crippen molar-refractivity contribution >= 4 is 11.6 Å². The molecule has 1 saturated heterocycles. The summed E-state index contributed by atoms with van der Waals surface area (Å²) < 4.78 is 24.8. The van der Waals surface area contributed by atoms with Gasteiger partial charge in [0.2, 0.25) is 23.3 Å². The first-order valence-electron chi connectivity index (χ1n) is 11.3. The van der Waals surface area contributed by atoms with Crippen LogP contribution < -0.4 is 10.1 Å². The number of nitrogens with zero attached hydrogens (tertiary/aromatic N) is 5. The highest BCUT2D eigenvalue weighted by Crippen LogP contribution is 2.29. The molecule has 5 heterocycles. The summed E-state index contributed by atoms with van der Waals surface area (Å²) in [7, 11) is 0. The van der Waals surface area contributed by atoms with E-state index in [2.05, 4.69) is 25.4 Å². The fraction of sp³-hybridized carbons (Fsp3) is 0.417. The van der Waals surface area contributed by atoms with Crippen molar-refractivity contribution in [1.82, 2.24) is 24.6 Å². The molecule has 4 aromatic heterocycles. The fourth-order valence-electron chi connectivity index (χ4n) is 3.59. The Morgan fingerprint density at radius 1 is 1.15 bits per heavy atom. The maximum atomic E-state index is 6.10.